The highest BCUT2D eigenvalue weighted by Crippen LogP contribution is 2.28. The number of aromatic nitrogens is 5. The Hall–Kier alpha value is -3.68. The minimum Gasteiger partial charge on any atom is -0.497 e. The van der Waals surface area contributed by atoms with Gasteiger partial charge in [-0.25, -0.2) is 0 Å². The van der Waals surface area contributed by atoms with Gasteiger partial charge in [0.2, 0.25) is 5.82 Å². The van der Waals surface area contributed by atoms with Gasteiger partial charge in [0.1, 0.15) is 5.75 Å². The van der Waals surface area contributed by atoms with Crippen molar-refractivity contribution in [2.75, 3.05) is 12.8 Å². The van der Waals surface area contributed by atoms with Gasteiger partial charge in [-0.2, -0.15) is 9.67 Å². The second kappa shape index (κ2) is 6.56. The molecule has 0 saturated heterocycles. The summed E-state index contributed by atoms with van der Waals surface area (Å²) in [6.45, 7) is 4.03. The Labute approximate surface area is 155 Å². The highest BCUT2D eigenvalue weighted by atomic mass is 16.5. The molecule has 0 unspecified atom stereocenters. The molecule has 4 rings (SSSR count). The van der Waals surface area contributed by atoms with E-state index in [-0.39, 0.29) is 5.89 Å². The lowest BCUT2D eigenvalue weighted by Crippen LogP contribution is -2.04. The Kier molecular flexibility index (Phi) is 4.08. The summed E-state index contributed by atoms with van der Waals surface area (Å²) in [7, 11) is 1.61. The minimum atomic E-state index is 0.217. The van der Waals surface area contributed by atoms with Crippen molar-refractivity contribution in [3.05, 3.63) is 53.6 Å². The maximum atomic E-state index is 6.25. The third-order valence-corrected chi connectivity index (χ3v) is 4.26. The highest BCUT2D eigenvalue weighted by Gasteiger charge is 2.20. The lowest BCUT2D eigenvalue weighted by Gasteiger charge is -2.07. The van der Waals surface area contributed by atoms with Gasteiger partial charge in [-0.1, -0.05) is 28.1 Å². The fourth-order valence-electron chi connectivity index (χ4n) is 2.84. The van der Waals surface area contributed by atoms with Crippen molar-refractivity contribution in [3.63, 3.8) is 0 Å². The molecule has 2 N–H and O–H groups in total. The van der Waals surface area contributed by atoms with E-state index in [2.05, 4.69) is 26.5 Å². The molecule has 0 amide bonds. The van der Waals surface area contributed by atoms with Gasteiger partial charge in [-0.05, 0) is 49.7 Å². The molecule has 0 aliphatic rings. The van der Waals surface area contributed by atoms with E-state index in [1.807, 2.05) is 50.2 Å². The van der Waals surface area contributed by atoms with E-state index in [1.165, 1.54) is 0 Å². The third kappa shape index (κ3) is 3.01. The smallest absolute Gasteiger partial charge is 0.282 e. The summed E-state index contributed by atoms with van der Waals surface area (Å²) in [5.74, 6) is 1.75. The number of nitrogens with two attached hydrogens (primary N) is 1. The van der Waals surface area contributed by atoms with Crippen molar-refractivity contribution in [1.82, 2.24) is 25.1 Å². The van der Waals surface area contributed by atoms with Crippen LogP contribution in [0.4, 0.5) is 5.82 Å². The fourth-order valence-corrected chi connectivity index (χ4v) is 2.84. The van der Waals surface area contributed by atoms with E-state index in [0.29, 0.717) is 17.3 Å². The number of ether oxygens (including phenoxy) is 1. The van der Waals surface area contributed by atoms with Gasteiger partial charge >= 0.3 is 0 Å². The molecule has 0 bridgehead atoms. The van der Waals surface area contributed by atoms with Crippen molar-refractivity contribution in [3.8, 4) is 34.4 Å². The predicted octanol–water partition coefficient (Wildman–Crippen LogP) is 3.19. The lowest BCUT2D eigenvalue weighted by atomic mass is 10.1. The van der Waals surface area contributed by atoms with E-state index in [1.54, 1.807) is 11.8 Å². The maximum absolute atomic E-state index is 6.25. The zero-order valence-electron chi connectivity index (χ0n) is 15.2. The lowest BCUT2D eigenvalue weighted by molar-refractivity contribution is 0.414. The molecule has 0 atom stereocenters. The number of methoxy groups -OCH3 is 1. The van der Waals surface area contributed by atoms with E-state index >= 15 is 0 Å². The summed E-state index contributed by atoms with van der Waals surface area (Å²) in [4.78, 5) is 4.40. The van der Waals surface area contributed by atoms with Crippen molar-refractivity contribution < 1.29 is 9.26 Å². The molecule has 0 saturated carbocycles. The molecule has 136 valence electrons. The molecule has 2 aromatic carbocycles. The molecule has 4 aromatic rings. The van der Waals surface area contributed by atoms with Crippen LogP contribution in [0.1, 0.15) is 11.1 Å². The first-order chi connectivity index (χ1) is 13.1. The summed E-state index contributed by atoms with van der Waals surface area (Å²) in [5.41, 5.74) is 10.5. The van der Waals surface area contributed by atoms with E-state index in [9.17, 15) is 0 Å². The molecule has 0 spiro atoms. The quantitative estimate of drug-likeness (QED) is 0.594. The fraction of sp³-hybridized carbons (Fsp3) is 0.158. The molecule has 8 heteroatoms. The SMILES string of the molecule is COc1ccc(-c2noc(-c3nnn(-c4ccc(C)cc4C)c3N)n2)cc1. The second-order valence-corrected chi connectivity index (χ2v) is 6.18. The molecular formula is C19H18N6O2. The van der Waals surface area contributed by atoms with Crippen LogP contribution in [0.2, 0.25) is 0 Å². The first-order valence-electron chi connectivity index (χ1n) is 8.34. The van der Waals surface area contributed by atoms with Gasteiger partial charge in [-0.3, -0.25) is 0 Å². The average Bonchev–Trinajstić information content (AvgIpc) is 3.29. The molecule has 8 nitrogen and oxygen atoms in total. The Morgan fingerprint density at radius 1 is 1.07 bits per heavy atom. The maximum Gasteiger partial charge on any atom is 0.282 e. The summed E-state index contributed by atoms with van der Waals surface area (Å²) >= 11 is 0. The Morgan fingerprint density at radius 3 is 2.56 bits per heavy atom. The zero-order chi connectivity index (χ0) is 19.0. The summed E-state index contributed by atoms with van der Waals surface area (Å²) in [6, 6.07) is 13.4. The van der Waals surface area contributed by atoms with Gasteiger partial charge < -0.3 is 15.0 Å². The number of benzene rings is 2. The van der Waals surface area contributed by atoms with Crippen molar-refractivity contribution >= 4 is 5.82 Å². The van der Waals surface area contributed by atoms with Crippen molar-refractivity contribution in [2.45, 2.75) is 13.8 Å². The van der Waals surface area contributed by atoms with E-state index in [0.717, 1.165) is 28.1 Å². The summed E-state index contributed by atoms with van der Waals surface area (Å²) < 4.78 is 12.1. The number of hydrogen-bond acceptors (Lipinski definition) is 7. The normalized spacial score (nSPS) is 10.9. The molecule has 0 aliphatic heterocycles. The van der Waals surface area contributed by atoms with Gasteiger partial charge in [0.25, 0.3) is 5.89 Å². The number of hydrogen-bond donors (Lipinski definition) is 1. The Morgan fingerprint density at radius 2 is 1.85 bits per heavy atom. The molecule has 2 heterocycles. The Bertz CT molecular complexity index is 1100. The van der Waals surface area contributed by atoms with Crippen LogP contribution in [0, 0.1) is 13.8 Å². The molecular weight excluding hydrogens is 344 g/mol. The first kappa shape index (κ1) is 16.8. The predicted molar refractivity (Wildman–Crippen MR) is 101 cm³/mol. The minimum absolute atomic E-state index is 0.217. The second-order valence-electron chi connectivity index (χ2n) is 6.18. The van der Waals surface area contributed by atoms with Crippen LogP contribution in [-0.4, -0.2) is 32.2 Å². The van der Waals surface area contributed by atoms with Crippen LogP contribution in [0.5, 0.6) is 5.75 Å². The van der Waals surface area contributed by atoms with Gasteiger partial charge in [0.05, 0.1) is 12.8 Å². The summed E-state index contributed by atoms with van der Waals surface area (Å²) in [6.07, 6.45) is 0. The van der Waals surface area contributed by atoms with Crippen LogP contribution >= 0.6 is 0 Å². The number of rotatable bonds is 4. The van der Waals surface area contributed by atoms with Gasteiger partial charge in [-0.15, -0.1) is 5.10 Å². The monoisotopic (exact) mass is 362 g/mol. The average molecular weight is 362 g/mol. The number of nitrogens with zero attached hydrogens (tertiary/aromatic N) is 5. The molecule has 0 fully saturated rings. The third-order valence-electron chi connectivity index (χ3n) is 4.26. The Balaban J connectivity index is 1.69. The first-order valence-corrected chi connectivity index (χ1v) is 8.34. The van der Waals surface area contributed by atoms with Crippen LogP contribution in [0.15, 0.2) is 47.0 Å². The standard InChI is InChI=1S/C19H18N6O2/c1-11-4-9-15(12(2)10-11)25-17(20)16(22-24-25)19-21-18(23-27-19)13-5-7-14(26-3)8-6-13/h4-10H,20H2,1-3H3. The highest BCUT2D eigenvalue weighted by molar-refractivity contribution is 5.67. The molecule has 27 heavy (non-hydrogen) atoms. The molecule has 0 radical (unpaired) electrons. The number of anilines is 1. The molecule has 0 aliphatic carbocycles. The van der Waals surface area contributed by atoms with Crippen molar-refractivity contribution in [2.24, 2.45) is 0 Å². The van der Waals surface area contributed by atoms with Gasteiger partial charge in [0, 0.05) is 5.56 Å². The number of aryl methyl sites for hydroxylation is 2. The van der Waals surface area contributed by atoms with Crippen LogP contribution < -0.4 is 10.5 Å². The van der Waals surface area contributed by atoms with E-state index in [4.69, 9.17) is 15.0 Å². The topological polar surface area (TPSA) is 105 Å². The largest absolute Gasteiger partial charge is 0.497 e. The summed E-state index contributed by atoms with van der Waals surface area (Å²) in [5, 5.41) is 12.3. The van der Waals surface area contributed by atoms with Crippen LogP contribution in [0.3, 0.4) is 0 Å². The zero-order valence-corrected chi connectivity index (χ0v) is 15.2. The molecule has 2 aromatic heterocycles. The van der Waals surface area contributed by atoms with Crippen molar-refractivity contribution in [1.29, 1.82) is 0 Å². The van der Waals surface area contributed by atoms with Crippen LogP contribution in [-0.2, 0) is 0 Å². The van der Waals surface area contributed by atoms with Gasteiger partial charge in [0.15, 0.2) is 11.5 Å². The van der Waals surface area contributed by atoms with E-state index < -0.39 is 0 Å². The van der Waals surface area contributed by atoms with Crippen LogP contribution in [0.25, 0.3) is 28.7 Å². The number of nitrogen functional groups attached to an aromatic ring is 1.